The van der Waals surface area contributed by atoms with Gasteiger partial charge in [-0.3, -0.25) is 0 Å². The van der Waals surface area contributed by atoms with Gasteiger partial charge in [-0.25, -0.2) is 0 Å². The molecule has 22 aliphatic heterocycles. The van der Waals surface area contributed by atoms with E-state index in [0.717, 1.165) is 0 Å². The van der Waals surface area contributed by atoms with E-state index in [1.807, 2.05) is 0 Å². The molecule has 0 aromatic carbocycles. The summed E-state index contributed by atoms with van der Waals surface area (Å²) in [6, 6.07) is 0. The number of aliphatic hydroxyl groups excluding tert-OH is 18. The van der Waals surface area contributed by atoms with Crippen molar-refractivity contribution in [2.45, 2.75) is 210 Å². The summed E-state index contributed by atoms with van der Waals surface area (Å²) in [5.41, 5.74) is 0. The lowest BCUT2D eigenvalue weighted by molar-refractivity contribution is -0.406. The normalized spacial score (nSPS) is 51.6. The Balaban J connectivity index is 1.25. The molecule has 32 atom stereocenters. The third-order valence-electron chi connectivity index (χ3n) is 13.7. The van der Waals surface area contributed by atoms with E-state index in [-0.39, 0.29) is 0 Å². The van der Waals surface area contributed by atoms with Crippen LogP contribution in [0.15, 0.2) is 0 Å². The fourth-order valence-corrected chi connectivity index (χ4v) is 9.78. The first-order valence-electron chi connectivity index (χ1n) is 24.1. The Labute approximate surface area is 421 Å². The molecule has 32 heteroatoms. The van der Waals surface area contributed by atoms with Gasteiger partial charge in [0.1, 0.15) is 146 Å². The molecule has 0 spiro atoms. The largest absolute Gasteiger partial charge is 0.394 e. The van der Waals surface area contributed by atoms with Crippen molar-refractivity contribution >= 4 is 0 Å². The van der Waals surface area contributed by atoms with E-state index < -0.39 is 249 Å². The molecule has 22 fully saturated rings. The van der Waals surface area contributed by atoms with E-state index in [4.69, 9.17) is 66.3 Å². The van der Waals surface area contributed by atoms with Gasteiger partial charge in [-0.1, -0.05) is 0 Å². The SMILES string of the molecule is CC(O)CO[C@@H]1[C@@H](O)[C@H]2O[C@@H]3[C@H](OCC(C)O)[C@@H](O)[C@@H](O[C@H]4[C@H](O)[C@@H](O)[C@@H](O[C@H]5[C@H](O)[C@@H](O)[C@@H](O[C@H]6[C@H](O)[C@@H](O)[C@@H](O[C@H]7[C@H](O)[C@@H](O)[C@@H](O[C@H]1[C@@H](CO)O2)O[C@@H]7CO)O[C@@H]6CO)O[C@@H]5CO)O[C@@H]4CO)O[C@@H]3CO. The van der Waals surface area contributed by atoms with E-state index in [2.05, 4.69) is 0 Å². The van der Waals surface area contributed by atoms with Crippen LogP contribution in [0.3, 0.4) is 0 Å². The second-order valence-corrected chi connectivity index (χ2v) is 19.2. The maximum atomic E-state index is 11.9. The Hall–Kier alpha value is -1.28. The zero-order valence-electron chi connectivity index (χ0n) is 39.9. The molecule has 22 aliphatic rings. The van der Waals surface area contributed by atoms with Crippen LogP contribution in [0.5, 0.6) is 0 Å². The Morgan fingerprint density at radius 2 is 0.473 bits per heavy atom. The minimum absolute atomic E-state index is 0.522. The van der Waals surface area contributed by atoms with Gasteiger partial charge in [-0.15, -0.1) is 0 Å². The van der Waals surface area contributed by atoms with Crippen molar-refractivity contribution in [2.24, 2.45) is 0 Å². The topological polar surface area (TPSA) is 493 Å². The average Bonchev–Trinajstić information content (AvgIpc) is 3.37. The van der Waals surface area contributed by atoms with E-state index in [0.29, 0.717) is 0 Å². The maximum Gasteiger partial charge on any atom is 0.187 e. The molecule has 2 unspecified atom stereocenters. The molecule has 0 aromatic heterocycles. The van der Waals surface area contributed by atoms with E-state index in [1.165, 1.54) is 13.8 Å². The highest BCUT2D eigenvalue weighted by molar-refractivity contribution is 5.01. The monoisotopic (exact) mass is 1090 g/mol. The predicted octanol–water partition coefficient (Wildman–Crippen LogP) is -12.2. The van der Waals surface area contributed by atoms with Gasteiger partial charge in [0.15, 0.2) is 37.7 Å². The molecule has 32 nitrogen and oxygen atoms in total. The third-order valence-corrected chi connectivity index (χ3v) is 13.7. The van der Waals surface area contributed by atoms with Crippen molar-refractivity contribution in [3.8, 4) is 0 Å². The Morgan fingerprint density at radius 3 is 0.676 bits per heavy atom. The highest BCUT2D eigenvalue weighted by Gasteiger charge is 2.59. The van der Waals surface area contributed by atoms with E-state index in [9.17, 15) is 91.9 Å². The number of aliphatic hydroxyl groups is 18. The summed E-state index contributed by atoms with van der Waals surface area (Å²) in [6.07, 6.45) is -59.7. The zero-order valence-corrected chi connectivity index (χ0v) is 39.9. The second-order valence-electron chi connectivity index (χ2n) is 19.2. The van der Waals surface area contributed by atoms with Crippen LogP contribution in [0.2, 0.25) is 0 Å². The van der Waals surface area contributed by atoms with Crippen LogP contribution in [-0.2, 0) is 66.3 Å². The van der Waals surface area contributed by atoms with Crippen molar-refractivity contribution in [3.05, 3.63) is 0 Å². The van der Waals surface area contributed by atoms with Crippen LogP contribution < -0.4 is 0 Å². The standard InChI is InChI=1S/C42H72O32/c1-11(49)9-61-35-27(59)41-67-18(8-48)34(35)74-42-28(60)36(62-10-12(2)50)33(17(7-47)68-42)73-40-26(58)22(54)31(15(5-45)66-40)71-38-24(56)20(52)29(13(3-43)64-38)69-37-23(55)19(51)30(14(4-44)63-37)70-39-25(57)21(53)32(72-41)16(6-46)65-39/h11-60H,3-10H2,1-2H3/t11?,12?,13-,14-,15-,16-,17-,18-,19-,20-,21-,22-,23-,24-,25-,26-,27-,28-,29-,30-,31-,32-,33+,34+,35-,36-,37-,38-,39-,40-,41-,42-/m1/s1. The summed E-state index contributed by atoms with van der Waals surface area (Å²) < 4.78 is 81.8. The van der Waals surface area contributed by atoms with Crippen LogP contribution in [0.25, 0.3) is 0 Å². The molecule has 22 heterocycles. The van der Waals surface area contributed by atoms with Crippen molar-refractivity contribution in [1.82, 2.24) is 0 Å². The fourth-order valence-electron chi connectivity index (χ4n) is 9.78. The minimum atomic E-state index is -2.16. The van der Waals surface area contributed by atoms with Crippen LogP contribution in [0, 0.1) is 0 Å². The van der Waals surface area contributed by atoms with Gasteiger partial charge in [0.25, 0.3) is 0 Å². The summed E-state index contributed by atoms with van der Waals surface area (Å²) in [4.78, 5) is 0. The molecular formula is C42H72O32. The van der Waals surface area contributed by atoms with Gasteiger partial charge in [-0.05, 0) is 13.8 Å². The third kappa shape index (κ3) is 12.7. The van der Waals surface area contributed by atoms with Gasteiger partial charge in [-0.2, -0.15) is 0 Å². The van der Waals surface area contributed by atoms with Crippen LogP contribution in [-0.4, -0.2) is 341 Å². The van der Waals surface area contributed by atoms with Gasteiger partial charge < -0.3 is 158 Å². The quantitative estimate of drug-likeness (QED) is 0.0863. The Kier molecular flexibility index (Phi) is 21.5. The van der Waals surface area contributed by atoms with E-state index >= 15 is 0 Å². The average molecular weight is 1090 g/mol. The molecule has 18 N–H and O–H groups in total. The van der Waals surface area contributed by atoms with Crippen LogP contribution in [0.4, 0.5) is 0 Å². The molecule has 0 saturated carbocycles. The summed E-state index contributed by atoms with van der Waals surface area (Å²) in [5, 5.41) is 198. The maximum absolute atomic E-state index is 11.9. The van der Waals surface area contributed by atoms with Gasteiger partial charge >= 0.3 is 0 Å². The summed E-state index contributed by atoms with van der Waals surface area (Å²) in [5.74, 6) is 0. The highest BCUT2D eigenvalue weighted by Crippen LogP contribution is 2.39. The molecule has 0 amide bonds. The molecule has 74 heavy (non-hydrogen) atoms. The first-order valence-corrected chi connectivity index (χ1v) is 24.1. The van der Waals surface area contributed by atoms with Crippen LogP contribution in [0.1, 0.15) is 13.8 Å². The molecule has 0 aliphatic carbocycles. The molecule has 0 radical (unpaired) electrons. The van der Waals surface area contributed by atoms with Gasteiger partial charge in [0.05, 0.1) is 65.1 Å². The Bertz CT molecular complexity index is 1670. The minimum Gasteiger partial charge on any atom is -0.394 e. The number of ether oxygens (including phenoxy) is 14. The first kappa shape index (κ1) is 60.4. The van der Waals surface area contributed by atoms with Crippen molar-refractivity contribution in [3.63, 3.8) is 0 Å². The number of hydrogen-bond donors (Lipinski definition) is 18. The summed E-state index contributed by atoms with van der Waals surface area (Å²) >= 11 is 0. The molecule has 22 saturated heterocycles. The molecule has 22 rings (SSSR count). The van der Waals surface area contributed by atoms with Crippen molar-refractivity contribution in [1.29, 1.82) is 0 Å². The molecule has 0 aromatic rings. The lowest BCUT2D eigenvalue weighted by Gasteiger charge is -2.51. The van der Waals surface area contributed by atoms with Gasteiger partial charge in [0, 0.05) is 0 Å². The van der Waals surface area contributed by atoms with Crippen molar-refractivity contribution in [2.75, 3.05) is 52.9 Å². The number of rotatable bonds is 12. The van der Waals surface area contributed by atoms with Crippen molar-refractivity contribution < 1.29 is 158 Å². The predicted molar refractivity (Wildman–Crippen MR) is 227 cm³/mol. The van der Waals surface area contributed by atoms with Gasteiger partial charge in [0.2, 0.25) is 0 Å². The lowest BCUT2D eigenvalue weighted by atomic mass is 9.94. The summed E-state index contributed by atoms with van der Waals surface area (Å²) in [7, 11) is 0. The zero-order chi connectivity index (χ0) is 54.0. The van der Waals surface area contributed by atoms with Crippen LogP contribution >= 0.6 is 0 Å². The lowest BCUT2D eigenvalue weighted by Crippen LogP contribution is -2.69. The molecule has 432 valence electrons. The molecular weight excluding hydrogens is 1020 g/mol. The summed E-state index contributed by atoms with van der Waals surface area (Å²) in [6.45, 7) is -4.38. The smallest absolute Gasteiger partial charge is 0.187 e. The van der Waals surface area contributed by atoms with E-state index in [1.54, 1.807) is 0 Å². The first-order chi connectivity index (χ1) is 35.2. The second kappa shape index (κ2) is 26.3. The molecule has 12 bridgehead atoms. The Morgan fingerprint density at radius 1 is 0.284 bits per heavy atom. The number of hydrogen-bond acceptors (Lipinski definition) is 32. The highest BCUT2D eigenvalue weighted by atomic mass is 16.8. The fraction of sp³-hybridized carbons (Fsp3) is 1.00.